The van der Waals surface area contributed by atoms with Crippen molar-refractivity contribution in [1.82, 2.24) is 5.32 Å². The van der Waals surface area contributed by atoms with Crippen LogP contribution in [0.15, 0.2) is 18.2 Å². The standard InChI is InChI=1S/C13H13NO4/c1-3-7-14-11(15)8-18-13(17)10-6-4-5-9(2)12(10)16/h1,4-6,16H,7-8H2,2H3,(H,14,15). The van der Waals surface area contributed by atoms with Crippen LogP contribution in [-0.4, -0.2) is 30.1 Å². The highest BCUT2D eigenvalue weighted by atomic mass is 16.5. The molecule has 1 amide bonds. The van der Waals surface area contributed by atoms with E-state index in [1.807, 2.05) is 0 Å². The number of phenolic OH excluding ortho intramolecular Hbond substituents is 1. The van der Waals surface area contributed by atoms with Crippen molar-refractivity contribution >= 4 is 11.9 Å². The van der Waals surface area contributed by atoms with Gasteiger partial charge in [-0.25, -0.2) is 4.79 Å². The number of hydrogen-bond acceptors (Lipinski definition) is 4. The third kappa shape index (κ3) is 3.52. The average molecular weight is 247 g/mol. The van der Waals surface area contributed by atoms with Crippen molar-refractivity contribution in [3.8, 4) is 18.1 Å². The fourth-order valence-corrected chi connectivity index (χ4v) is 1.23. The van der Waals surface area contributed by atoms with Gasteiger partial charge in [-0.15, -0.1) is 6.42 Å². The van der Waals surface area contributed by atoms with Crippen LogP contribution in [0.3, 0.4) is 0 Å². The van der Waals surface area contributed by atoms with Gasteiger partial charge >= 0.3 is 5.97 Å². The molecule has 1 aromatic rings. The van der Waals surface area contributed by atoms with Gasteiger partial charge in [-0.05, 0) is 18.6 Å². The fourth-order valence-electron chi connectivity index (χ4n) is 1.23. The van der Waals surface area contributed by atoms with E-state index in [4.69, 9.17) is 11.2 Å². The number of rotatable bonds is 4. The summed E-state index contributed by atoms with van der Waals surface area (Å²) < 4.78 is 4.74. The molecular weight excluding hydrogens is 234 g/mol. The maximum atomic E-state index is 11.6. The van der Waals surface area contributed by atoms with Crippen molar-refractivity contribution in [2.24, 2.45) is 0 Å². The van der Waals surface area contributed by atoms with E-state index >= 15 is 0 Å². The molecule has 1 aromatic carbocycles. The number of carbonyl (C=O) groups is 2. The van der Waals surface area contributed by atoms with Gasteiger partial charge in [0.2, 0.25) is 0 Å². The zero-order chi connectivity index (χ0) is 13.5. The Hall–Kier alpha value is -2.48. The minimum absolute atomic E-state index is 0.0275. The van der Waals surface area contributed by atoms with Crippen molar-refractivity contribution in [3.63, 3.8) is 0 Å². The van der Waals surface area contributed by atoms with Crippen LogP contribution < -0.4 is 5.32 Å². The third-order valence-electron chi connectivity index (χ3n) is 2.18. The number of terminal acetylenes is 1. The number of carbonyl (C=O) groups excluding carboxylic acids is 2. The van der Waals surface area contributed by atoms with Gasteiger partial charge in [0.05, 0.1) is 6.54 Å². The first kappa shape index (κ1) is 13.6. The monoisotopic (exact) mass is 247 g/mol. The topological polar surface area (TPSA) is 75.6 Å². The maximum absolute atomic E-state index is 11.6. The van der Waals surface area contributed by atoms with Crippen LogP contribution in [0.5, 0.6) is 5.75 Å². The Morgan fingerprint density at radius 1 is 1.50 bits per heavy atom. The Morgan fingerprint density at radius 2 is 2.22 bits per heavy atom. The van der Waals surface area contributed by atoms with E-state index < -0.39 is 18.5 Å². The van der Waals surface area contributed by atoms with Crippen LogP contribution in [0.4, 0.5) is 0 Å². The summed E-state index contributed by atoms with van der Waals surface area (Å²) in [7, 11) is 0. The second kappa shape index (κ2) is 6.30. The number of aromatic hydroxyl groups is 1. The SMILES string of the molecule is C#CCNC(=O)COC(=O)c1cccc(C)c1O. The number of phenols is 1. The van der Waals surface area contributed by atoms with Crippen LogP contribution in [0, 0.1) is 19.3 Å². The van der Waals surface area contributed by atoms with Gasteiger partial charge in [0.1, 0.15) is 11.3 Å². The molecule has 5 nitrogen and oxygen atoms in total. The van der Waals surface area contributed by atoms with Crippen LogP contribution >= 0.6 is 0 Å². The number of ether oxygens (including phenoxy) is 1. The van der Waals surface area contributed by atoms with Crippen molar-refractivity contribution in [1.29, 1.82) is 0 Å². The number of esters is 1. The molecule has 5 heteroatoms. The lowest BCUT2D eigenvalue weighted by Gasteiger charge is -2.07. The van der Waals surface area contributed by atoms with Crippen molar-refractivity contribution in [3.05, 3.63) is 29.3 Å². The van der Waals surface area contributed by atoms with Crippen molar-refractivity contribution < 1.29 is 19.4 Å². The van der Waals surface area contributed by atoms with E-state index in [0.29, 0.717) is 5.56 Å². The average Bonchev–Trinajstić information content (AvgIpc) is 2.36. The molecule has 0 saturated carbocycles. The van der Waals surface area contributed by atoms with Crippen LogP contribution in [0.25, 0.3) is 0 Å². The molecule has 1 rings (SSSR count). The van der Waals surface area contributed by atoms with Gasteiger partial charge in [-0.1, -0.05) is 18.1 Å². The molecule has 0 atom stereocenters. The Labute approximate surface area is 105 Å². The molecule has 0 aliphatic carbocycles. The van der Waals surface area contributed by atoms with E-state index in [9.17, 15) is 14.7 Å². The van der Waals surface area contributed by atoms with Gasteiger partial charge in [0, 0.05) is 0 Å². The summed E-state index contributed by atoms with van der Waals surface area (Å²) in [5.74, 6) is 0.826. The largest absolute Gasteiger partial charge is 0.507 e. The van der Waals surface area contributed by atoms with E-state index in [0.717, 1.165) is 0 Å². The van der Waals surface area contributed by atoms with Gasteiger partial charge in [0.15, 0.2) is 6.61 Å². The van der Waals surface area contributed by atoms with Gasteiger partial charge in [-0.2, -0.15) is 0 Å². The molecule has 0 aromatic heterocycles. The molecule has 0 bridgehead atoms. The Morgan fingerprint density at radius 3 is 2.89 bits per heavy atom. The van der Waals surface area contributed by atoms with E-state index in [1.165, 1.54) is 6.07 Å². The first-order valence-corrected chi connectivity index (χ1v) is 5.22. The molecule has 0 aliphatic rings. The summed E-state index contributed by atoms with van der Waals surface area (Å²) >= 11 is 0. The molecule has 0 saturated heterocycles. The maximum Gasteiger partial charge on any atom is 0.342 e. The zero-order valence-corrected chi connectivity index (χ0v) is 9.90. The highest BCUT2D eigenvalue weighted by Gasteiger charge is 2.15. The van der Waals surface area contributed by atoms with Crippen LogP contribution in [0.2, 0.25) is 0 Å². The smallest absolute Gasteiger partial charge is 0.342 e. The van der Waals surface area contributed by atoms with E-state index in [2.05, 4.69) is 11.2 Å². The van der Waals surface area contributed by atoms with Gasteiger partial charge in [-0.3, -0.25) is 4.79 Å². The summed E-state index contributed by atoms with van der Waals surface area (Å²) in [6.07, 6.45) is 4.95. The first-order chi connectivity index (χ1) is 8.56. The molecule has 0 aliphatic heterocycles. The van der Waals surface area contributed by atoms with E-state index in [-0.39, 0.29) is 17.9 Å². The lowest BCUT2D eigenvalue weighted by atomic mass is 10.1. The van der Waals surface area contributed by atoms with E-state index in [1.54, 1.807) is 19.1 Å². The molecule has 0 radical (unpaired) electrons. The molecular formula is C13H13NO4. The highest BCUT2D eigenvalue weighted by Crippen LogP contribution is 2.21. The van der Waals surface area contributed by atoms with Crippen molar-refractivity contribution in [2.75, 3.05) is 13.2 Å². The highest BCUT2D eigenvalue weighted by molar-refractivity contribution is 5.94. The fraction of sp³-hybridized carbons (Fsp3) is 0.231. The lowest BCUT2D eigenvalue weighted by molar-refractivity contribution is -0.123. The van der Waals surface area contributed by atoms with Crippen molar-refractivity contribution in [2.45, 2.75) is 6.92 Å². The van der Waals surface area contributed by atoms with Crippen LogP contribution in [0.1, 0.15) is 15.9 Å². The summed E-state index contributed by atoms with van der Waals surface area (Å²) in [5, 5.41) is 12.0. The Balaban J connectivity index is 2.59. The number of aryl methyl sites for hydroxylation is 1. The molecule has 0 fully saturated rings. The number of hydrogen-bond donors (Lipinski definition) is 2. The summed E-state index contributed by atoms with van der Waals surface area (Å²) in [5.41, 5.74) is 0.584. The second-order valence-corrected chi connectivity index (χ2v) is 3.53. The number of nitrogens with one attached hydrogen (secondary N) is 1. The summed E-state index contributed by atoms with van der Waals surface area (Å²) in [6, 6.07) is 4.69. The predicted molar refractivity (Wildman–Crippen MR) is 65.0 cm³/mol. The first-order valence-electron chi connectivity index (χ1n) is 5.22. The number of amides is 1. The third-order valence-corrected chi connectivity index (χ3v) is 2.18. The molecule has 2 N–H and O–H groups in total. The normalized spacial score (nSPS) is 9.33. The molecule has 18 heavy (non-hydrogen) atoms. The molecule has 0 unspecified atom stereocenters. The second-order valence-electron chi connectivity index (χ2n) is 3.53. The summed E-state index contributed by atoms with van der Waals surface area (Å²) in [6.45, 7) is 1.30. The number of benzene rings is 1. The minimum atomic E-state index is -0.757. The Kier molecular flexibility index (Phi) is 4.76. The zero-order valence-electron chi connectivity index (χ0n) is 9.90. The quantitative estimate of drug-likeness (QED) is 0.603. The van der Waals surface area contributed by atoms with Gasteiger partial charge < -0.3 is 15.2 Å². The van der Waals surface area contributed by atoms with Crippen LogP contribution in [-0.2, 0) is 9.53 Å². The molecule has 0 heterocycles. The lowest BCUT2D eigenvalue weighted by Crippen LogP contribution is -2.29. The predicted octanol–water partition coefficient (Wildman–Crippen LogP) is 0.607. The van der Waals surface area contributed by atoms with Gasteiger partial charge in [0.25, 0.3) is 5.91 Å². The number of para-hydroxylation sites is 1. The summed E-state index contributed by atoms with van der Waals surface area (Å²) in [4.78, 5) is 22.7. The Bertz CT molecular complexity index is 502. The molecule has 94 valence electrons. The minimum Gasteiger partial charge on any atom is -0.507 e. The molecule has 0 spiro atoms.